The molecule has 0 bridgehead atoms. The summed E-state index contributed by atoms with van der Waals surface area (Å²) < 4.78 is 0. The number of nitrogens with zero attached hydrogens (tertiary/aromatic N) is 1. The Kier molecular flexibility index (Phi) is 12.4. The van der Waals surface area contributed by atoms with Gasteiger partial charge in [0.1, 0.15) is 0 Å². The van der Waals surface area contributed by atoms with Crippen molar-refractivity contribution in [2.45, 2.75) is 52.1 Å². The molecule has 0 aliphatic rings. The average molecular weight is 314 g/mol. The number of aliphatic carboxylic acids is 1. The molecule has 6 heteroatoms. The van der Waals surface area contributed by atoms with E-state index < -0.39 is 12.1 Å². The zero-order chi connectivity index (χ0) is 16.8. The standard InChI is InChI=1S/C16H30N2O4/c1-3-4-5-6-7-8-15(20)17-10-12-18(13-14(2)19)11-9-16(21)22/h7-8,14,19H,3-6,9-13H2,1-2H3,(H,17,20)(H,21,22)/b8-7+. The largest absolute Gasteiger partial charge is 0.481 e. The van der Waals surface area contributed by atoms with Gasteiger partial charge in [0.05, 0.1) is 12.5 Å². The monoisotopic (exact) mass is 314 g/mol. The molecule has 0 spiro atoms. The van der Waals surface area contributed by atoms with Gasteiger partial charge in [-0.2, -0.15) is 0 Å². The fourth-order valence-corrected chi connectivity index (χ4v) is 2.02. The van der Waals surface area contributed by atoms with Crippen molar-refractivity contribution < 1.29 is 19.8 Å². The molecule has 1 amide bonds. The van der Waals surface area contributed by atoms with Crippen molar-refractivity contribution in [3.8, 4) is 0 Å². The van der Waals surface area contributed by atoms with Crippen LogP contribution >= 0.6 is 0 Å². The van der Waals surface area contributed by atoms with E-state index in [2.05, 4.69) is 12.2 Å². The molecule has 0 radical (unpaired) electrons. The van der Waals surface area contributed by atoms with Gasteiger partial charge in [-0.15, -0.1) is 0 Å². The minimum Gasteiger partial charge on any atom is -0.481 e. The van der Waals surface area contributed by atoms with E-state index in [9.17, 15) is 14.7 Å². The summed E-state index contributed by atoms with van der Waals surface area (Å²) in [7, 11) is 0. The van der Waals surface area contributed by atoms with E-state index in [-0.39, 0.29) is 12.3 Å². The van der Waals surface area contributed by atoms with E-state index in [0.717, 1.165) is 19.3 Å². The van der Waals surface area contributed by atoms with Crippen LogP contribution in [0, 0.1) is 0 Å². The number of hydrogen-bond acceptors (Lipinski definition) is 4. The molecule has 1 unspecified atom stereocenters. The van der Waals surface area contributed by atoms with Crippen molar-refractivity contribution in [1.82, 2.24) is 10.2 Å². The maximum absolute atomic E-state index is 11.6. The third-order valence-corrected chi connectivity index (χ3v) is 3.14. The number of hydrogen-bond donors (Lipinski definition) is 3. The van der Waals surface area contributed by atoms with Crippen molar-refractivity contribution in [2.24, 2.45) is 0 Å². The van der Waals surface area contributed by atoms with Crippen LogP contribution in [0.25, 0.3) is 0 Å². The van der Waals surface area contributed by atoms with Crippen LogP contribution in [0.1, 0.15) is 46.0 Å². The van der Waals surface area contributed by atoms with Gasteiger partial charge in [0.15, 0.2) is 0 Å². The average Bonchev–Trinajstić information content (AvgIpc) is 2.43. The van der Waals surface area contributed by atoms with Gasteiger partial charge in [0.25, 0.3) is 0 Å². The molecule has 1 atom stereocenters. The highest BCUT2D eigenvalue weighted by Crippen LogP contribution is 1.99. The molecule has 0 saturated carbocycles. The zero-order valence-corrected chi connectivity index (χ0v) is 13.8. The SMILES string of the molecule is CCCCC/C=C/C(=O)NCCN(CCC(=O)O)CC(C)O. The van der Waals surface area contributed by atoms with Gasteiger partial charge in [-0.1, -0.05) is 25.8 Å². The number of nitrogens with one attached hydrogen (secondary N) is 1. The number of unbranched alkanes of at least 4 members (excludes halogenated alkanes) is 3. The van der Waals surface area contributed by atoms with Gasteiger partial charge in [0, 0.05) is 26.2 Å². The molecule has 6 nitrogen and oxygen atoms in total. The summed E-state index contributed by atoms with van der Waals surface area (Å²) in [5.41, 5.74) is 0. The van der Waals surface area contributed by atoms with Gasteiger partial charge in [0.2, 0.25) is 5.91 Å². The first-order chi connectivity index (χ1) is 10.5. The fraction of sp³-hybridized carbons (Fsp3) is 0.750. The van der Waals surface area contributed by atoms with Crippen molar-refractivity contribution in [3.05, 3.63) is 12.2 Å². The Morgan fingerprint density at radius 2 is 2.00 bits per heavy atom. The number of carbonyl (C=O) groups is 2. The summed E-state index contributed by atoms with van der Waals surface area (Å²) in [6, 6.07) is 0. The summed E-state index contributed by atoms with van der Waals surface area (Å²) in [5.74, 6) is -0.999. The highest BCUT2D eigenvalue weighted by Gasteiger charge is 2.10. The second kappa shape index (κ2) is 13.3. The van der Waals surface area contributed by atoms with Crippen molar-refractivity contribution >= 4 is 11.9 Å². The summed E-state index contributed by atoms with van der Waals surface area (Å²) in [4.78, 5) is 24.0. The summed E-state index contributed by atoms with van der Waals surface area (Å²) in [6.45, 7) is 5.52. The first-order valence-corrected chi connectivity index (χ1v) is 8.02. The van der Waals surface area contributed by atoms with E-state index >= 15 is 0 Å². The maximum atomic E-state index is 11.6. The Balaban J connectivity index is 3.93. The molecular weight excluding hydrogens is 284 g/mol. The van der Waals surface area contributed by atoms with Crippen LogP contribution in [0.4, 0.5) is 0 Å². The molecule has 0 aliphatic carbocycles. The van der Waals surface area contributed by atoms with E-state index in [4.69, 9.17) is 5.11 Å². The Morgan fingerprint density at radius 3 is 2.59 bits per heavy atom. The van der Waals surface area contributed by atoms with Gasteiger partial charge in [-0.3, -0.25) is 14.5 Å². The highest BCUT2D eigenvalue weighted by atomic mass is 16.4. The van der Waals surface area contributed by atoms with Crippen molar-refractivity contribution in [2.75, 3.05) is 26.2 Å². The third kappa shape index (κ3) is 13.6. The molecular formula is C16H30N2O4. The van der Waals surface area contributed by atoms with Crippen molar-refractivity contribution in [3.63, 3.8) is 0 Å². The summed E-state index contributed by atoms with van der Waals surface area (Å²) in [6.07, 6.45) is 7.26. The van der Waals surface area contributed by atoms with Crippen LogP contribution in [0.3, 0.4) is 0 Å². The van der Waals surface area contributed by atoms with Crippen molar-refractivity contribution in [1.29, 1.82) is 0 Å². The second-order valence-electron chi connectivity index (χ2n) is 5.48. The zero-order valence-electron chi connectivity index (χ0n) is 13.8. The molecule has 128 valence electrons. The lowest BCUT2D eigenvalue weighted by atomic mass is 10.2. The highest BCUT2D eigenvalue weighted by molar-refractivity contribution is 5.87. The molecule has 0 saturated heterocycles. The van der Waals surface area contributed by atoms with Crippen LogP contribution in [0.15, 0.2) is 12.2 Å². The number of allylic oxidation sites excluding steroid dienone is 1. The number of carboxylic acids is 1. The van der Waals surface area contributed by atoms with E-state index in [1.54, 1.807) is 13.0 Å². The fourth-order valence-electron chi connectivity index (χ4n) is 2.02. The number of carbonyl (C=O) groups excluding carboxylic acids is 1. The predicted octanol–water partition coefficient (Wildman–Crippen LogP) is 1.40. The Morgan fingerprint density at radius 1 is 1.27 bits per heavy atom. The van der Waals surface area contributed by atoms with Crippen LogP contribution in [-0.4, -0.2) is 59.3 Å². The first-order valence-electron chi connectivity index (χ1n) is 8.02. The lowest BCUT2D eigenvalue weighted by Crippen LogP contribution is -2.39. The third-order valence-electron chi connectivity index (χ3n) is 3.14. The molecule has 0 rings (SSSR count). The lowest BCUT2D eigenvalue weighted by molar-refractivity contribution is -0.137. The van der Waals surface area contributed by atoms with E-state index in [1.165, 1.54) is 6.42 Å². The van der Waals surface area contributed by atoms with Gasteiger partial charge < -0.3 is 15.5 Å². The molecule has 0 aliphatic heterocycles. The minimum absolute atomic E-state index is 0.0258. The van der Waals surface area contributed by atoms with Gasteiger partial charge >= 0.3 is 5.97 Å². The smallest absolute Gasteiger partial charge is 0.304 e. The number of rotatable bonds is 13. The molecule has 0 heterocycles. The lowest BCUT2D eigenvalue weighted by Gasteiger charge is -2.22. The molecule has 0 aromatic rings. The second-order valence-corrected chi connectivity index (χ2v) is 5.48. The predicted molar refractivity (Wildman–Crippen MR) is 86.7 cm³/mol. The van der Waals surface area contributed by atoms with E-state index in [1.807, 2.05) is 11.0 Å². The topological polar surface area (TPSA) is 89.9 Å². The molecule has 0 aromatic carbocycles. The minimum atomic E-state index is -0.866. The van der Waals surface area contributed by atoms with Gasteiger partial charge in [-0.05, 0) is 25.8 Å². The first kappa shape index (κ1) is 20.6. The quantitative estimate of drug-likeness (QED) is 0.353. The Hall–Kier alpha value is -1.40. The molecule has 0 fully saturated rings. The Labute approximate surface area is 133 Å². The number of aliphatic hydroxyl groups excluding tert-OH is 1. The van der Waals surface area contributed by atoms with Gasteiger partial charge in [-0.25, -0.2) is 0 Å². The number of carboxylic acid groups (broad SMARTS) is 1. The number of amides is 1. The molecule has 22 heavy (non-hydrogen) atoms. The van der Waals surface area contributed by atoms with Crippen LogP contribution < -0.4 is 5.32 Å². The number of aliphatic hydroxyl groups is 1. The van der Waals surface area contributed by atoms with E-state index in [0.29, 0.717) is 26.2 Å². The molecule has 3 N–H and O–H groups in total. The van der Waals surface area contributed by atoms with Crippen LogP contribution in [0.2, 0.25) is 0 Å². The molecule has 0 aromatic heterocycles. The van der Waals surface area contributed by atoms with Crippen LogP contribution in [-0.2, 0) is 9.59 Å². The normalized spacial score (nSPS) is 12.7. The summed E-state index contributed by atoms with van der Waals surface area (Å²) >= 11 is 0. The summed E-state index contributed by atoms with van der Waals surface area (Å²) in [5, 5.41) is 20.9. The Bertz CT molecular complexity index is 343. The maximum Gasteiger partial charge on any atom is 0.304 e. The van der Waals surface area contributed by atoms with Crippen LogP contribution in [0.5, 0.6) is 0 Å².